The van der Waals surface area contributed by atoms with Gasteiger partial charge in [-0.25, -0.2) is 8.42 Å². The molecule has 0 aromatic carbocycles. The highest BCUT2D eigenvalue weighted by atomic mass is 32.2. The highest BCUT2D eigenvalue weighted by molar-refractivity contribution is 7.93. The number of sulfonamides is 1. The van der Waals surface area contributed by atoms with E-state index in [0.29, 0.717) is 30.6 Å². The zero-order valence-electron chi connectivity index (χ0n) is 16.3. The minimum atomic E-state index is -5.26. The maximum atomic E-state index is 13.4. The smallest absolute Gasteiger partial charge is 0.380 e. The number of halogens is 6. The van der Waals surface area contributed by atoms with Crippen LogP contribution >= 0.6 is 0 Å². The third-order valence-electron chi connectivity index (χ3n) is 7.04. The Labute approximate surface area is 174 Å². The lowest BCUT2D eigenvalue weighted by Crippen LogP contribution is -2.76. The molecule has 174 valence electrons. The molecule has 1 saturated carbocycles. The van der Waals surface area contributed by atoms with Gasteiger partial charge in [-0.15, -0.1) is 0 Å². The maximum Gasteiger partial charge on any atom is 0.432 e. The third kappa shape index (κ3) is 3.39. The molecule has 0 aromatic heterocycles. The van der Waals surface area contributed by atoms with Gasteiger partial charge in [-0.05, 0) is 12.8 Å². The van der Waals surface area contributed by atoms with Crippen LogP contribution in [0.3, 0.4) is 0 Å². The van der Waals surface area contributed by atoms with E-state index in [-0.39, 0.29) is 18.5 Å². The van der Waals surface area contributed by atoms with Gasteiger partial charge < -0.3 is 10.1 Å². The van der Waals surface area contributed by atoms with Crippen LogP contribution in [0.4, 0.5) is 26.3 Å². The fourth-order valence-electron chi connectivity index (χ4n) is 5.33. The Bertz CT molecular complexity index is 945. The summed E-state index contributed by atoms with van der Waals surface area (Å²) in [5.74, 6) is 0. The lowest BCUT2D eigenvalue weighted by molar-refractivity contribution is -0.211. The van der Waals surface area contributed by atoms with Crippen molar-refractivity contribution in [1.82, 2.24) is 14.5 Å². The van der Waals surface area contributed by atoms with Gasteiger partial charge in [0.15, 0.2) is 0 Å². The number of rotatable bonds is 3. The van der Waals surface area contributed by atoms with E-state index in [9.17, 15) is 34.8 Å². The van der Waals surface area contributed by atoms with E-state index in [1.165, 1.54) is 5.32 Å². The van der Waals surface area contributed by atoms with Crippen molar-refractivity contribution in [2.24, 2.45) is 10.8 Å². The number of likely N-dealkylation sites (tertiary alicyclic amines) is 1. The van der Waals surface area contributed by atoms with Crippen LogP contribution in [0.5, 0.6) is 0 Å². The number of nitrogens with one attached hydrogen (secondary N) is 1. The van der Waals surface area contributed by atoms with Crippen LogP contribution in [0.2, 0.25) is 0 Å². The highest BCUT2D eigenvalue weighted by Gasteiger charge is 2.61. The van der Waals surface area contributed by atoms with Gasteiger partial charge in [-0.1, -0.05) is 6.08 Å². The van der Waals surface area contributed by atoms with Crippen molar-refractivity contribution in [2.45, 2.75) is 37.7 Å². The minimum absolute atomic E-state index is 0.0806. The van der Waals surface area contributed by atoms with Crippen LogP contribution in [-0.4, -0.2) is 75.4 Å². The normalized spacial score (nSPS) is 29.0. The van der Waals surface area contributed by atoms with Gasteiger partial charge in [0, 0.05) is 49.5 Å². The predicted octanol–water partition coefficient (Wildman–Crippen LogP) is 2.33. The Kier molecular flexibility index (Phi) is 4.44. The molecule has 0 unspecified atom stereocenters. The summed E-state index contributed by atoms with van der Waals surface area (Å²) >= 11 is 0. The van der Waals surface area contributed by atoms with Crippen LogP contribution in [-0.2, 0) is 14.8 Å². The molecule has 0 amide bonds. The highest BCUT2D eigenvalue weighted by Crippen LogP contribution is 2.53. The van der Waals surface area contributed by atoms with Crippen LogP contribution in [0, 0.1) is 10.8 Å². The lowest BCUT2D eigenvalue weighted by atomic mass is 9.61. The Morgan fingerprint density at radius 2 is 1.58 bits per heavy atom. The minimum Gasteiger partial charge on any atom is -0.380 e. The van der Waals surface area contributed by atoms with E-state index in [2.05, 4.69) is 4.90 Å². The van der Waals surface area contributed by atoms with E-state index in [4.69, 9.17) is 4.74 Å². The standard InChI is InChI=1S/C18H21F6N3O3S/c19-17(20,21)13-2-1-12(14(25-13)18(22,23)24)31(28,29)27-7-16(8-27)5-26(6-16)11-3-15(4-11)9-30-10-15/h2,11,25H,1,3-10H2. The quantitative estimate of drug-likeness (QED) is 0.638. The molecule has 4 heterocycles. The molecular formula is C18H21F6N3O3S. The summed E-state index contributed by atoms with van der Waals surface area (Å²) in [6.07, 6.45) is -8.71. The van der Waals surface area contributed by atoms with Crippen molar-refractivity contribution in [1.29, 1.82) is 0 Å². The van der Waals surface area contributed by atoms with Crippen molar-refractivity contribution in [3.63, 3.8) is 0 Å². The van der Waals surface area contributed by atoms with Crippen LogP contribution in [0.25, 0.3) is 0 Å². The Morgan fingerprint density at radius 1 is 0.968 bits per heavy atom. The molecule has 0 radical (unpaired) electrons. The van der Waals surface area contributed by atoms with Gasteiger partial charge in [0.2, 0.25) is 10.0 Å². The summed E-state index contributed by atoms with van der Waals surface area (Å²) in [4.78, 5) is 1.21. The third-order valence-corrected chi connectivity index (χ3v) is 8.97. The average Bonchev–Trinajstić information content (AvgIpc) is 2.49. The number of ether oxygens (including phenoxy) is 1. The second-order valence-corrected chi connectivity index (χ2v) is 11.4. The molecular weight excluding hydrogens is 452 g/mol. The topological polar surface area (TPSA) is 61.9 Å². The molecule has 4 fully saturated rings. The number of dihydropyridines is 1. The summed E-state index contributed by atoms with van der Waals surface area (Å²) in [5, 5.41) is 1.26. The molecule has 5 aliphatic rings. The van der Waals surface area contributed by atoms with E-state index in [1.807, 2.05) is 0 Å². The fraction of sp³-hybridized carbons (Fsp3) is 0.778. The molecule has 3 saturated heterocycles. The molecule has 13 heteroatoms. The molecule has 0 bridgehead atoms. The molecule has 0 aromatic rings. The number of hydrogen-bond acceptors (Lipinski definition) is 5. The van der Waals surface area contributed by atoms with Crippen molar-refractivity contribution in [2.75, 3.05) is 39.4 Å². The van der Waals surface area contributed by atoms with Crippen LogP contribution < -0.4 is 5.32 Å². The summed E-state index contributed by atoms with van der Waals surface area (Å²) in [7, 11) is -4.53. The first-order chi connectivity index (χ1) is 14.2. The van der Waals surface area contributed by atoms with E-state index < -0.39 is 45.1 Å². The summed E-state index contributed by atoms with van der Waals surface area (Å²) in [6.45, 7) is 3.09. The van der Waals surface area contributed by atoms with Crippen molar-refractivity contribution >= 4 is 10.0 Å². The van der Waals surface area contributed by atoms with Gasteiger partial charge in [0.1, 0.15) is 11.4 Å². The zero-order valence-corrected chi connectivity index (χ0v) is 17.1. The van der Waals surface area contributed by atoms with E-state index >= 15 is 0 Å². The number of nitrogens with zero attached hydrogens (tertiary/aromatic N) is 2. The second kappa shape index (κ2) is 6.39. The van der Waals surface area contributed by atoms with Crippen LogP contribution in [0.1, 0.15) is 19.3 Å². The van der Waals surface area contributed by atoms with Crippen molar-refractivity contribution in [3.8, 4) is 0 Å². The first-order valence-electron chi connectivity index (χ1n) is 9.90. The van der Waals surface area contributed by atoms with Gasteiger partial charge in [-0.2, -0.15) is 30.6 Å². The lowest BCUT2D eigenvalue weighted by Gasteiger charge is -2.66. The first-order valence-corrected chi connectivity index (χ1v) is 11.3. The summed E-state index contributed by atoms with van der Waals surface area (Å²) in [5.41, 5.74) is -3.44. The molecule has 2 spiro atoms. The first kappa shape index (κ1) is 21.5. The summed E-state index contributed by atoms with van der Waals surface area (Å²) < 4.78 is 110. The molecule has 0 atom stereocenters. The average molecular weight is 473 g/mol. The Balaban J connectivity index is 1.24. The zero-order chi connectivity index (χ0) is 22.4. The van der Waals surface area contributed by atoms with Crippen molar-refractivity contribution < 1.29 is 39.5 Å². The van der Waals surface area contributed by atoms with E-state index in [0.717, 1.165) is 30.4 Å². The van der Waals surface area contributed by atoms with Crippen molar-refractivity contribution in [3.05, 3.63) is 22.4 Å². The summed E-state index contributed by atoms with van der Waals surface area (Å²) in [6, 6.07) is 0.438. The van der Waals surface area contributed by atoms with Crippen LogP contribution in [0.15, 0.2) is 22.4 Å². The Hall–Kier alpha value is -1.31. The number of hydrogen-bond donors (Lipinski definition) is 1. The van der Waals surface area contributed by atoms with Gasteiger partial charge >= 0.3 is 12.4 Å². The predicted molar refractivity (Wildman–Crippen MR) is 95.7 cm³/mol. The Morgan fingerprint density at radius 3 is 2.06 bits per heavy atom. The molecule has 31 heavy (non-hydrogen) atoms. The van der Waals surface area contributed by atoms with Gasteiger partial charge in [0.25, 0.3) is 0 Å². The SMILES string of the molecule is O=S(=O)(C1=C(C(F)(F)F)NC(C(F)(F)F)=CC1)N1CC2(CN(C3CC4(COC4)C3)C2)C1. The largest absolute Gasteiger partial charge is 0.432 e. The number of alkyl halides is 6. The molecule has 1 aliphatic carbocycles. The molecule has 1 N–H and O–H groups in total. The second-order valence-electron chi connectivity index (χ2n) is 9.47. The molecule has 6 nitrogen and oxygen atoms in total. The van der Waals surface area contributed by atoms with Gasteiger partial charge in [-0.3, -0.25) is 4.90 Å². The van der Waals surface area contributed by atoms with Gasteiger partial charge in [0.05, 0.1) is 18.1 Å². The maximum absolute atomic E-state index is 13.4. The van der Waals surface area contributed by atoms with E-state index in [1.54, 1.807) is 0 Å². The molecule has 5 rings (SSSR count). The monoisotopic (exact) mass is 473 g/mol. The molecule has 4 aliphatic heterocycles. The fourth-order valence-corrected chi connectivity index (χ4v) is 7.25. The number of allylic oxidation sites excluding steroid dienone is 4.